The molecule has 11 nitrogen and oxygen atoms in total. The smallest absolute Gasteiger partial charge is 0.399 e. The summed E-state index contributed by atoms with van der Waals surface area (Å²) in [5.74, 6) is 0.111. The van der Waals surface area contributed by atoms with Crippen molar-refractivity contribution in [3.05, 3.63) is 72.0 Å². The number of ketones is 1. The molecule has 2 aromatic rings. The van der Waals surface area contributed by atoms with Crippen LogP contribution in [0.15, 0.2) is 66.4 Å². The highest BCUT2D eigenvalue weighted by molar-refractivity contribution is 7.87. The van der Waals surface area contributed by atoms with Crippen LogP contribution < -0.4 is 16.9 Å². The van der Waals surface area contributed by atoms with Crippen molar-refractivity contribution in [3.8, 4) is 0 Å². The molecule has 0 aromatic heterocycles. The second-order valence-electron chi connectivity index (χ2n) is 9.20. The highest BCUT2D eigenvalue weighted by Crippen LogP contribution is 2.28. The number of carbonyl (C=O) groups is 1. The van der Waals surface area contributed by atoms with Crippen LogP contribution in [-0.4, -0.2) is 72.1 Å². The average Bonchev–Trinajstić information content (AvgIpc) is 2.99. The van der Waals surface area contributed by atoms with Gasteiger partial charge < -0.3 is 34.7 Å². The van der Waals surface area contributed by atoms with E-state index in [0.29, 0.717) is 37.5 Å². The maximum Gasteiger partial charge on any atom is 0.534 e. The second-order valence-corrected chi connectivity index (χ2v) is 10.7. The summed E-state index contributed by atoms with van der Waals surface area (Å²) in [5.41, 5.74) is 10.5. The Labute approximate surface area is 254 Å². The molecule has 0 unspecified atom stereocenters. The number of alkyl halides is 3. The molecule has 3 aliphatic heterocycles. The zero-order valence-corrected chi connectivity index (χ0v) is 24.6. The number of halogens is 3. The monoisotopic (exact) mass is 643 g/mol. The number of ether oxygens (including phenoxy) is 3. The van der Waals surface area contributed by atoms with E-state index >= 15 is 0 Å². The topological polar surface area (TPSA) is 170 Å². The van der Waals surface area contributed by atoms with Crippen LogP contribution in [0.2, 0.25) is 0 Å². The number of nitrogen functional groups attached to an aromatic ring is 2. The molecule has 2 aromatic carbocycles. The van der Waals surface area contributed by atoms with E-state index in [1.54, 1.807) is 24.3 Å². The zero-order valence-electron chi connectivity index (χ0n) is 23.8. The molecule has 44 heavy (non-hydrogen) atoms. The lowest BCUT2D eigenvalue weighted by Gasteiger charge is -2.15. The highest BCUT2D eigenvalue weighted by atomic mass is 32.2. The third-order valence-corrected chi connectivity index (χ3v) is 6.79. The van der Waals surface area contributed by atoms with Gasteiger partial charge in [0.1, 0.15) is 11.5 Å². The lowest BCUT2D eigenvalue weighted by atomic mass is 9.88. The summed E-state index contributed by atoms with van der Waals surface area (Å²) in [6.07, 6.45) is 5.55. The fourth-order valence-corrected chi connectivity index (χ4v) is 4.12. The zero-order chi connectivity index (χ0) is 32.4. The predicted octanol–water partition coefficient (Wildman–Crippen LogP) is 3.60. The highest BCUT2D eigenvalue weighted by Gasteiger charge is 2.48. The second kappa shape index (κ2) is 19.1. The minimum atomic E-state index is -5.52. The van der Waals surface area contributed by atoms with Crippen LogP contribution in [0.3, 0.4) is 0 Å². The third-order valence-electron chi connectivity index (χ3n) is 5.79. The van der Waals surface area contributed by atoms with Crippen molar-refractivity contribution < 1.29 is 54.8 Å². The number of nitrogens with two attached hydrogens (primary N) is 2. The van der Waals surface area contributed by atoms with Gasteiger partial charge in [0.25, 0.3) is 0 Å². The third kappa shape index (κ3) is 14.4. The van der Waals surface area contributed by atoms with Gasteiger partial charge in [-0.05, 0) is 53.4 Å². The number of hydrogen-bond donors (Lipinski definition) is 3. The van der Waals surface area contributed by atoms with Crippen LogP contribution >= 0.6 is 0 Å². The summed E-state index contributed by atoms with van der Waals surface area (Å²) in [6.45, 7) is 3.03. The van der Waals surface area contributed by atoms with Gasteiger partial charge in [-0.25, -0.2) is 0 Å². The lowest BCUT2D eigenvalue weighted by Crippen LogP contribution is -2.26. The largest absolute Gasteiger partial charge is 0.534 e. The van der Waals surface area contributed by atoms with E-state index in [1.807, 2.05) is 18.2 Å². The first-order valence-corrected chi connectivity index (χ1v) is 14.8. The Morgan fingerprint density at radius 3 is 1.89 bits per heavy atom. The van der Waals surface area contributed by atoms with E-state index in [1.165, 1.54) is 18.6 Å². The van der Waals surface area contributed by atoms with Crippen LogP contribution in [0, 0.1) is 0 Å². The van der Waals surface area contributed by atoms with E-state index < -0.39 is 15.6 Å². The lowest BCUT2D eigenvalue weighted by molar-refractivity contribution is -0.135. The van der Waals surface area contributed by atoms with Crippen molar-refractivity contribution in [1.29, 1.82) is 0 Å². The molecule has 16 heteroatoms. The predicted molar refractivity (Wildman–Crippen MR) is 159 cm³/mol. The standard InChI is InChI=1S/C11H13NO.C6H7BNO2.C6H7F3O4S.C5H8O2/c12-11-3-1-2-10(8-11)9-4-6-13-7-5-9;8-6-3-1-2-5(4-6)7-10-9;7-6(8,9)14(10,11)13-5-1-3-12-4-2-5;6-5-1-3-7-4-2-5/h1-4,8H,5-7,12H2;1-4,9H,8H2;1H,2-4H2;1-4H2. The molecule has 5 N–H and O–H groups in total. The first-order chi connectivity index (χ1) is 20.9. The van der Waals surface area contributed by atoms with Crippen LogP contribution in [0.5, 0.6) is 0 Å². The summed E-state index contributed by atoms with van der Waals surface area (Å²) in [4.78, 5) is 14.2. The Morgan fingerprint density at radius 2 is 1.41 bits per heavy atom. The molecule has 0 bridgehead atoms. The molecule has 0 amide bonds. The molecule has 3 aliphatic rings. The molecule has 0 saturated carbocycles. The molecule has 0 spiro atoms. The minimum absolute atomic E-state index is 0.0231. The Balaban J connectivity index is 0.000000210. The fraction of sp³-hybridized carbons (Fsp3) is 0.393. The molecule has 241 valence electrons. The quantitative estimate of drug-likeness (QED) is 0.109. The van der Waals surface area contributed by atoms with Crippen LogP contribution in [0.25, 0.3) is 5.57 Å². The van der Waals surface area contributed by atoms with E-state index in [9.17, 15) is 26.4 Å². The van der Waals surface area contributed by atoms with Crippen molar-refractivity contribution in [3.63, 3.8) is 0 Å². The Bertz CT molecular complexity index is 1350. The van der Waals surface area contributed by atoms with Crippen LogP contribution in [0.4, 0.5) is 24.5 Å². The normalized spacial score (nSPS) is 16.7. The van der Waals surface area contributed by atoms with Gasteiger partial charge in [0.15, 0.2) is 0 Å². The van der Waals surface area contributed by atoms with Crippen LogP contribution in [0.1, 0.15) is 31.2 Å². The molecule has 1 radical (unpaired) electrons. The van der Waals surface area contributed by atoms with Crippen molar-refractivity contribution in [2.45, 2.75) is 31.2 Å². The Morgan fingerprint density at radius 1 is 0.818 bits per heavy atom. The summed E-state index contributed by atoms with van der Waals surface area (Å²) in [6, 6.07) is 15.0. The Hall–Kier alpha value is -3.41. The van der Waals surface area contributed by atoms with Gasteiger partial charge in [-0.3, -0.25) is 10.1 Å². The van der Waals surface area contributed by atoms with E-state index in [-0.39, 0.29) is 25.4 Å². The van der Waals surface area contributed by atoms with Gasteiger partial charge in [-0.15, -0.1) is 0 Å². The van der Waals surface area contributed by atoms with Crippen molar-refractivity contribution in [2.24, 2.45) is 0 Å². The van der Waals surface area contributed by atoms with Crippen molar-refractivity contribution >= 4 is 45.8 Å². The number of Topliss-reactive ketones (excluding diaryl/α,β-unsaturated/α-hetero) is 1. The molecule has 1 fully saturated rings. The van der Waals surface area contributed by atoms with Gasteiger partial charge >= 0.3 is 23.1 Å². The van der Waals surface area contributed by atoms with Crippen molar-refractivity contribution in [2.75, 3.05) is 51.1 Å². The van der Waals surface area contributed by atoms with Gasteiger partial charge in [-0.1, -0.05) is 30.3 Å². The van der Waals surface area contributed by atoms with Gasteiger partial charge in [0, 0.05) is 30.6 Å². The van der Waals surface area contributed by atoms with E-state index in [4.69, 9.17) is 30.9 Å². The molecule has 5 rings (SSSR count). The number of rotatable bonds is 5. The number of anilines is 2. The molecular formula is C28H35BF3N2O9S. The van der Waals surface area contributed by atoms with Gasteiger partial charge in [-0.2, -0.15) is 21.6 Å². The number of benzene rings is 2. The summed E-state index contributed by atoms with van der Waals surface area (Å²) in [7, 11) is -4.32. The maximum atomic E-state index is 11.8. The van der Waals surface area contributed by atoms with Gasteiger partial charge in [0.05, 0.1) is 39.6 Å². The molecule has 0 atom stereocenters. The van der Waals surface area contributed by atoms with Crippen LogP contribution in [-0.2, 0) is 38.1 Å². The number of hydrogen-bond acceptors (Lipinski definition) is 11. The summed E-state index contributed by atoms with van der Waals surface area (Å²) < 4.78 is 75.2. The summed E-state index contributed by atoms with van der Waals surface area (Å²) in [5, 5.41) is 8.01. The molecule has 0 aliphatic carbocycles. The first kappa shape index (κ1) is 36.8. The maximum absolute atomic E-state index is 11.8. The first-order valence-electron chi connectivity index (χ1n) is 13.4. The SMILES string of the molecule is Nc1cccc(C2=CCOCC2)c1.Nc1cccc([B]OO)c1.O=C1CCOCC1.O=S(=O)(OC1=CCOCC1)C(F)(F)F. The Kier molecular flexibility index (Phi) is 16.0. The van der Waals surface area contributed by atoms with Gasteiger partial charge in [0.2, 0.25) is 0 Å². The molecular weight excluding hydrogens is 608 g/mol. The fourth-order valence-electron chi connectivity index (χ4n) is 3.59. The summed E-state index contributed by atoms with van der Waals surface area (Å²) >= 11 is 0. The molecule has 3 heterocycles. The van der Waals surface area contributed by atoms with E-state index in [0.717, 1.165) is 36.9 Å². The number of carbonyl (C=O) groups excluding carboxylic acids is 1. The minimum Gasteiger partial charge on any atom is -0.399 e. The van der Waals surface area contributed by atoms with Crippen molar-refractivity contribution in [1.82, 2.24) is 0 Å². The molecule has 1 saturated heterocycles. The van der Waals surface area contributed by atoms with E-state index in [2.05, 4.69) is 21.1 Å². The average molecular weight is 643 g/mol.